The van der Waals surface area contributed by atoms with Crippen LogP contribution in [0.1, 0.15) is 0 Å². The number of hydrogen-bond donors (Lipinski definition) is 2. The van der Waals surface area contributed by atoms with Crippen molar-refractivity contribution in [2.75, 3.05) is 0 Å². The maximum atomic E-state index is 10.5. The van der Waals surface area contributed by atoms with Crippen LogP contribution in [-0.2, 0) is 20.2 Å². The second-order valence-corrected chi connectivity index (χ2v) is 6.40. The Bertz CT molecular complexity index is 465. The van der Waals surface area contributed by atoms with Crippen molar-refractivity contribution in [2.45, 2.75) is 8.42 Å². The van der Waals surface area contributed by atoms with Crippen LogP contribution in [0.5, 0.6) is 0 Å². The second kappa shape index (κ2) is 4.58. The Balaban J connectivity index is 0.00000169. The SMILES string of the molecule is O=S(=O)(O)c1ccc(S(=O)(=O)O)s1.[Na]. The monoisotopic (exact) mass is 267 g/mol. The molecule has 0 amide bonds. The first kappa shape index (κ1) is 14.5. The van der Waals surface area contributed by atoms with Gasteiger partial charge in [-0.05, 0) is 12.1 Å². The summed E-state index contributed by atoms with van der Waals surface area (Å²) in [6.07, 6.45) is 0. The van der Waals surface area contributed by atoms with Gasteiger partial charge >= 0.3 is 20.2 Å². The zero-order chi connectivity index (χ0) is 10.3. The average Bonchev–Trinajstić information content (AvgIpc) is 2.28. The third kappa shape index (κ3) is 3.59. The van der Waals surface area contributed by atoms with Gasteiger partial charge in [-0.3, -0.25) is 9.11 Å². The Morgan fingerprint density at radius 2 is 1.21 bits per heavy atom. The minimum absolute atomic E-state index is 0. The van der Waals surface area contributed by atoms with E-state index < -0.39 is 28.7 Å². The number of rotatable bonds is 2. The Kier molecular flexibility index (Phi) is 4.75. The van der Waals surface area contributed by atoms with Crippen LogP contribution in [0.25, 0.3) is 0 Å². The van der Waals surface area contributed by atoms with Gasteiger partial charge in [0.1, 0.15) is 8.42 Å². The molecule has 10 heteroatoms. The molecule has 1 rings (SSSR count). The summed E-state index contributed by atoms with van der Waals surface area (Å²) in [7, 11) is -8.80. The third-order valence-electron chi connectivity index (χ3n) is 1.07. The van der Waals surface area contributed by atoms with E-state index in [0.29, 0.717) is 0 Å². The smallest absolute Gasteiger partial charge is 0.281 e. The molecule has 6 nitrogen and oxygen atoms in total. The summed E-state index contributed by atoms with van der Waals surface area (Å²) in [5, 5.41) is 0. The van der Waals surface area contributed by atoms with Crippen molar-refractivity contribution < 1.29 is 25.9 Å². The summed E-state index contributed by atoms with van der Waals surface area (Å²) in [4.78, 5) is 0. The van der Waals surface area contributed by atoms with Gasteiger partial charge in [-0.2, -0.15) is 16.8 Å². The van der Waals surface area contributed by atoms with Crippen LogP contribution in [0.3, 0.4) is 0 Å². The fraction of sp³-hybridized carbons (Fsp3) is 0. The molecule has 1 aromatic rings. The van der Waals surface area contributed by atoms with Crippen molar-refractivity contribution in [1.29, 1.82) is 0 Å². The molecule has 0 aliphatic carbocycles. The summed E-state index contributed by atoms with van der Waals surface area (Å²) in [6.45, 7) is 0. The predicted octanol–water partition coefficient (Wildman–Crippen LogP) is -0.139. The molecule has 75 valence electrons. The van der Waals surface area contributed by atoms with E-state index in [2.05, 4.69) is 0 Å². The molecule has 0 saturated carbocycles. The predicted molar refractivity (Wildman–Crippen MR) is 49.7 cm³/mol. The van der Waals surface area contributed by atoms with Gasteiger partial charge in [0.25, 0.3) is 0 Å². The molecule has 1 heterocycles. The number of hydrogen-bond acceptors (Lipinski definition) is 5. The van der Waals surface area contributed by atoms with Crippen molar-refractivity contribution in [2.24, 2.45) is 0 Å². The Hall–Kier alpha value is 0.520. The van der Waals surface area contributed by atoms with E-state index in [0.717, 1.165) is 12.1 Å². The molecule has 0 aliphatic heterocycles. The molecule has 0 atom stereocenters. The van der Waals surface area contributed by atoms with E-state index in [1.807, 2.05) is 0 Å². The van der Waals surface area contributed by atoms with E-state index in [1.54, 1.807) is 0 Å². The summed E-state index contributed by atoms with van der Waals surface area (Å²) in [5.74, 6) is 0. The minimum atomic E-state index is -4.40. The summed E-state index contributed by atoms with van der Waals surface area (Å²) in [5.41, 5.74) is 0. The van der Waals surface area contributed by atoms with Crippen molar-refractivity contribution in [3.8, 4) is 0 Å². The fourth-order valence-corrected chi connectivity index (χ4v) is 3.07. The van der Waals surface area contributed by atoms with Gasteiger partial charge in [-0.1, -0.05) is 0 Å². The summed E-state index contributed by atoms with van der Waals surface area (Å²) < 4.78 is 57.7. The maximum absolute atomic E-state index is 10.5. The molecule has 0 spiro atoms. The molecule has 0 aromatic carbocycles. The van der Waals surface area contributed by atoms with Crippen LogP contribution in [-0.4, -0.2) is 55.5 Å². The molecule has 0 fully saturated rings. The molecule has 1 radical (unpaired) electrons. The topological polar surface area (TPSA) is 109 Å². The first-order valence-corrected chi connectivity index (χ1v) is 6.46. The van der Waals surface area contributed by atoms with E-state index in [-0.39, 0.29) is 40.9 Å². The van der Waals surface area contributed by atoms with Crippen molar-refractivity contribution >= 4 is 61.1 Å². The molecule has 1 aromatic heterocycles. The largest absolute Gasteiger partial charge is 0.304 e. The zero-order valence-electron chi connectivity index (χ0n) is 6.91. The van der Waals surface area contributed by atoms with Gasteiger partial charge in [-0.15, -0.1) is 11.3 Å². The molecule has 0 bridgehead atoms. The Morgan fingerprint density at radius 3 is 1.36 bits per heavy atom. The molecule has 0 unspecified atom stereocenters. The van der Waals surface area contributed by atoms with Crippen LogP contribution in [0.15, 0.2) is 20.6 Å². The zero-order valence-corrected chi connectivity index (χ0v) is 11.4. The van der Waals surface area contributed by atoms with Gasteiger partial charge in [0.15, 0.2) is 0 Å². The van der Waals surface area contributed by atoms with Crippen LogP contribution in [0.4, 0.5) is 0 Å². The van der Waals surface area contributed by atoms with Crippen molar-refractivity contribution in [3.05, 3.63) is 12.1 Å². The molecule has 0 saturated heterocycles. The van der Waals surface area contributed by atoms with Gasteiger partial charge < -0.3 is 0 Å². The molecule has 0 aliphatic rings. The van der Waals surface area contributed by atoms with Gasteiger partial charge in [0, 0.05) is 29.6 Å². The third-order valence-corrected chi connectivity index (χ3v) is 4.79. The molecule has 14 heavy (non-hydrogen) atoms. The molecular weight excluding hydrogens is 263 g/mol. The van der Waals surface area contributed by atoms with Crippen LogP contribution in [0, 0.1) is 0 Å². The van der Waals surface area contributed by atoms with Crippen LogP contribution < -0.4 is 0 Å². The van der Waals surface area contributed by atoms with Crippen molar-refractivity contribution in [3.63, 3.8) is 0 Å². The second-order valence-electron chi connectivity index (χ2n) is 2.02. The van der Waals surface area contributed by atoms with Gasteiger partial charge in [0.05, 0.1) is 0 Å². The normalized spacial score (nSPS) is 12.1. The summed E-state index contributed by atoms with van der Waals surface area (Å²) >= 11 is 0.271. The van der Waals surface area contributed by atoms with Gasteiger partial charge in [-0.25, -0.2) is 0 Å². The molecule has 2 N–H and O–H groups in total. The Labute approximate surface area is 107 Å². The van der Waals surface area contributed by atoms with Crippen LogP contribution >= 0.6 is 11.3 Å². The average molecular weight is 267 g/mol. The van der Waals surface area contributed by atoms with E-state index in [4.69, 9.17) is 9.11 Å². The Morgan fingerprint density at radius 1 is 0.929 bits per heavy atom. The number of thiophene rings is 1. The first-order chi connectivity index (χ1) is 5.71. The maximum Gasteiger partial charge on any atom is 0.304 e. The molecular formula is C4H4NaO6S3. The minimum Gasteiger partial charge on any atom is -0.281 e. The van der Waals surface area contributed by atoms with E-state index >= 15 is 0 Å². The van der Waals surface area contributed by atoms with E-state index in [1.165, 1.54) is 0 Å². The van der Waals surface area contributed by atoms with Crippen molar-refractivity contribution in [1.82, 2.24) is 0 Å². The first-order valence-electron chi connectivity index (χ1n) is 2.76. The fourth-order valence-electron chi connectivity index (χ4n) is 0.581. The quantitative estimate of drug-likeness (QED) is 0.570. The van der Waals surface area contributed by atoms with Crippen LogP contribution in [0.2, 0.25) is 0 Å². The standard InChI is InChI=1S/C4H4O6S3.Na/c5-12(6,7)3-1-2-4(11-3)13(8,9)10;/h1-2H,(H,5,6,7)(H,8,9,10);. The summed E-state index contributed by atoms with van der Waals surface area (Å²) in [6, 6.07) is 1.78. The van der Waals surface area contributed by atoms with Gasteiger partial charge in [0.2, 0.25) is 0 Å². The van der Waals surface area contributed by atoms with E-state index in [9.17, 15) is 16.8 Å².